The molecule has 1 aromatic rings. The van der Waals surface area contributed by atoms with E-state index in [1.165, 1.54) is 6.42 Å². The van der Waals surface area contributed by atoms with Gasteiger partial charge in [0.1, 0.15) is 11.3 Å². The molecule has 1 fully saturated rings. The first kappa shape index (κ1) is 14.1. The number of Topliss-reactive ketones (excluding diaryl/α,β-unsaturated/α-hetero) is 1. The summed E-state index contributed by atoms with van der Waals surface area (Å²) in [5.41, 5.74) is -0.175. The van der Waals surface area contributed by atoms with Crippen LogP contribution in [0.15, 0.2) is 6.20 Å². The van der Waals surface area contributed by atoms with E-state index in [1.807, 2.05) is 6.92 Å². The van der Waals surface area contributed by atoms with Crippen molar-refractivity contribution in [2.24, 2.45) is 7.05 Å². The first-order valence-corrected chi connectivity index (χ1v) is 6.89. The number of methoxy groups -OCH3 is 1. The van der Waals surface area contributed by atoms with Crippen molar-refractivity contribution in [3.05, 3.63) is 11.9 Å². The molecule has 0 spiro atoms. The van der Waals surface area contributed by atoms with Gasteiger partial charge < -0.3 is 9.47 Å². The van der Waals surface area contributed by atoms with E-state index in [2.05, 4.69) is 5.10 Å². The zero-order valence-electron chi connectivity index (χ0n) is 11.9. The van der Waals surface area contributed by atoms with E-state index in [0.717, 1.165) is 25.7 Å². The van der Waals surface area contributed by atoms with E-state index >= 15 is 0 Å². The molecule has 0 aliphatic heterocycles. The third-order valence-electron chi connectivity index (χ3n) is 3.84. The molecule has 0 aromatic carbocycles. The van der Waals surface area contributed by atoms with Crippen molar-refractivity contribution in [1.29, 1.82) is 0 Å². The van der Waals surface area contributed by atoms with Crippen molar-refractivity contribution < 1.29 is 14.3 Å². The third-order valence-corrected chi connectivity index (χ3v) is 3.84. The molecule has 106 valence electrons. The molecule has 1 heterocycles. The van der Waals surface area contributed by atoms with E-state index in [4.69, 9.17) is 9.47 Å². The Bertz CT molecular complexity index is 442. The summed E-state index contributed by atoms with van der Waals surface area (Å²) in [5, 5.41) is 4.11. The van der Waals surface area contributed by atoms with E-state index < -0.39 is 5.60 Å². The maximum Gasteiger partial charge on any atom is 0.216 e. The van der Waals surface area contributed by atoms with Crippen molar-refractivity contribution in [1.82, 2.24) is 9.78 Å². The van der Waals surface area contributed by atoms with Gasteiger partial charge in [-0.15, -0.1) is 0 Å². The number of carbonyl (C=O) groups is 1. The number of hydrogen-bond donors (Lipinski definition) is 0. The lowest BCUT2D eigenvalue weighted by Crippen LogP contribution is -2.44. The Morgan fingerprint density at radius 3 is 2.68 bits per heavy atom. The molecule has 0 unspecified atom stereocenters. The monoisotopic (exact) mass is 266 g/mol. The molecule has 5 heteroatoms. The number of ketones is 1. The zero-order chi connectivity index (χ0) is 13.9. The summed E-state index contributed by atoms with van der Waals surface area (Å²) >= 11 is 0. The van der Waals surface area contributed by atoms with E-state index in [9.17, 15) is 4.79 Å². The van der Waals surface area contributed by atoms with Crippen LogP contribution in [0.25, 0.3) is 0 Å². The highest BCUT2D eigenvalue weighted by atomic mass is 16.5. The van der Waals surface area contributed by atoms with Crippen molar-refractivity contribution in [2.45, 2.75) is 44.6 Å². The normalized spacial score (nSPS) is 18.3. The minimum absolute atomic E-state index is 0.00546. The second-order valence-electron chi connectivity index (χ2n) is 5.00. The highest BCUT2D eigenvalue weighted by Crippen LogP contribution is 2.36. The molecule has 0 atom stereocenters. The predicted molar refractivity (Wildman–Crippen MR) is 71.5 cm³/mol. The van der Waals surface area contributed by atoms with Crippen LogP contribution >= 0.6 is 0 Å². The largest absolute Gasteiger partial charge is 0.493 e. The van der Waals surface area contributed by atoms with Crippen LogP contribution in [-0.2, 0) is 11.8 Å². The van der Waals surface area contributed by atoms with Crippen LogP contribution in [0.2, 0.25) is 0 Å². The molecule has 1 aliphatic carbocycles. The second-order valence-corrected chi connectivity index (χ2v) is 5.00. The van der Waals surface area contributed by atoms with E-state index in [-0.39, 0.29) is 5.78 Å². The van der Waals surface area contributed by atoms with Gasteiger partial charge in [0, 0.05) is 13.7 Å². The van der Waals surface area contributed by atoms with Crippen LogP contribution in [0.5, 0.6) is 5.75 Å². The molecule has 19 heavy (non-hydrogen) atoms. The molecule has 0 amide bonds. The lowest BCUT2D eigenvalue weighted by Gasteiger charge is -2.35. The van der Waals surface area contributed by atoms with Crippen molar-refractivity contribution in [3.8, 4) is 5.75 Å². The average Bonchev–Trinajstić information content (AvgIpc) is 2.80. The van der Waals surface area contributed by atoms with Crippen molar-refractivity contribution in [2.75, 3.05) is 13.7 Å². The van der Waals surface area contributed by atoms with Crippen LogP contribution in [0.4, 0.5) is 0 Å². The topological polar surface area (TPSA) is 53.4 Å². The smallest absolute Gasteiger partial charge is 0.216 e. The number of nitrogens with zero attached hydrogens (tertiary/aromatic N) is 2. The lowest BCUT2D eigenvalue weighted by molar-refractivity contribution is -0.0418. The minimum atomic E-state index is -0.686. The molecular weight excluding hydrogens is 244 g/mol. The van der Waals surface area contributed by atoms with E-state index in [0.29, 0.717) is 18.1 Å². The van der Waals surface area contributed by atoms with E-state index in [1.54, 1.807) is 25.0 Å². The van der Waals surface area contributed by atoms with Gasteiger partial charge in [-0.25, -0.2) is 0 Å². The van der Waals surface area contributed by atoms with Gasteiger partial charge in [-0.2, -0.15) is 5.10 Å². The average molecular weight is 266 g/mol. The number of hydrogen-bond acceptors (Lipinski definition) is 4. The fourth-order valence-corrected chi connectivity index (χ4v) is 2.88. The van der Waals surface area contributed by atoms with Crippen LogP contribution in [-0.4, -0.2) is 34.9 Å². The first-order chi connectivity index (χ1) is 9.14. The molecule has 2 rings (SSSR count). The number of aromatic nitrogens is 2. The van der Waals surface area contributed by atoms with Gasteiger partial charge >= 0.3 is 0 Å². The molecule has 0 radical (unpaired) electrons. The molecule has 0 saturated heterocycles. The predicted octanol–water partition coefficient (Wildman–Crippen LogP) is 2.35. The Labute approximate surface area is 113 Å². The molecule has 1 aromatic heterocycles. The third kappa shape index (κ3) is 2.52. The quantitative estimate of drug-likeness (QED) is 0.768. The summed E-state index contributed by atoms with van der Waals surface area (Å²) in [6.45, 7) is 2.48. The molecule has 5 nitrogen and oxygen atoms in total. The van der Waals surface area contributed by atoms with Gasteiger partial charge in [-0.3, -0.25) is 9.48 Å². The summed E-state index contributed by atoms with van der Waals surface area (Å²) in [6.07, 6.45) is 6.39. The summed E-state index contributed by atoms with van der Waals surface area (Å²) in [5.74, 6) is 0.531. The Balaban J connectivity index is 2.36. The SMILES string of the molecule is CCOC1(C(=O)c2c(OC)cnn2C)CCCCC1. The van der Waals surface area contributed by atoms with Gasteiger partial charge in [-0.1, -0.05) is 19.3 Å². The fraction of sp³-hybridized carbons (Fsp3) is 0.714. The fourth-order valence-electron chi connectivity index (χ4n) is 2.88. The molecule has 1 aliphatic rings. The minimum Gasteiger partial charge on any atom is -0.493 e. The number of ether oxygens (including phenoxy) is 2. The summed E-state index contributed by atoms with van der Waals surface area (Å²) in [7, 11) is 3.32. The van der Waals surface area contributed by atoms with Gasteiger partial charge in [0.15, 0.2) is 5.75 Å². The highest BCUT2D eigenvalue weighted by Gasteiger charge is 2.43. The van der Waals surface area contributed by atoms with Crippen LogP contribution in [0, 0.1) is 0 Å². The van der Waals surface area contributed by atoms with Crippen molar-refractivity contribution in [3.63, 3.8) is 0 Å². The van der Waals surface area contributed by atoms with Gasteiger partial charge in [-0.05, 0) is 19.8 Å². The van der Waals surface area contributed by atoms with Gasteiger partial charge in [0.05, 0.1) is 13.3 Å². The van der Waals surface area contributed by atoms with Gasteiger partial charge in [0.2, 0.25) is 5.78 Å². The molecule has 0 N–H and O–H groups in total. The summed E-state index contributed by atoms with van der Waals surface area (Å²) < 4.78 is 12.7. The molecular formula is C14H22N2O3. The number of carbonyl (C=O) groups excluding carboxylic acids is 1. The highest BCUT2D eigenvalue weighted by molar-refractivity contribution is 6.03. The van der Waals surface area contributed by atoms with Crippen LogP contribution in [0.1, 0.15) is 49.5 Å². The Morgan fingerprint density at radius 1 is 1.42 bits per heavy atom. The standard InChI is InChI=1S/C14H22N2O3/c1-4-19-14(8-6-5-7-9-14)13(17)12-11(18-3)10-15-16(12)2/h10H,4-9H2,1-3H3. The maximum absolute atomic E-state index is 12.9. The second kappa shape index (κ2) is 5.74. The molecule has 1 saturated carbocycles. The Kier molecular flexibility index (Phi) is 4.24. The maximum atomic E-state index is 12.9. The Hall–Kier alpha value is -1.36. The lowest BCUT2D eigenvalue weighted by atomic mass is 9.80. The van der Waals surface area contributed by atoms with Gasteiger partial charge in [0.25, 0.3) is 0 Å². The summed E-state index contributed by atoms with van der Waals surface area (Å²) in [4.78, 5) is 12.9. The summed E-state index contributed by atoms with van der Waals surface area (Å²) in [6, 6.07) is 0. The zero-order valence-corrected chi connectivity index (χ0v) is 11.9. The van der Waals surface area contributed by atoms with Crippen LogP contribution < -0.4 is 4.74 Å². The van der Waals surface area contributed by atoms with Crippen LogP contribution in [0.3, 0.4) is 0 Å². The first-order valence-electron chi connectivity index (χ1n) is 6.89. The Morgan fingerprint density at radius 2 is 2.11 bits per heavy atom. The molecule has 0 bridgehead atoms. The number of aryl methyl sites for hydroxylation is 1. The number of rotatable bonds is 5. The van der Waals surface area contributed by atoms with Crippen molar-refractivity contribution >= 4 is 5.78 Å².